The van der Waals surface area contributed by atoms with Crippen LogP contribution in [0.3, 0.4) is 0 Å². The van der Waals surface area contributed by atoms with E-state index in [2.05, 4.69) is 36.4 Å². The fraction of sp³-hybridized carbons (Fsp3) is 0.467. The number of nitrogens with one attached hydrogen (secondary N) is 1. The van der Waals surface area contributed by atoms with Gasteiger partial charge >= 0.3 is 0 Å². The molecule has 102 valence electrons. The summed E-state index contributed by atoms with van der Waals surface area (Å²) in [5.41, 5.74) is 2.17. The molecule has 4 heteroatoms. The van der Waals surface area contributed by atoms with Crippen LogP contribution in [0.4, 0.5) is 0 Å². The van der Waals surface area contributed by atoms with Gasteiger partial charge in [0, 0.05) is 17.5 Å². The molecule has 1 aromatic carbocycles. The molecule has 1 aromatic heterocycles. The first kappa shape index (κ1) is 12.7. The minimum Gasteiger partial charge on any atom is -0.464 e. The summed E-state index contributed by atoms with van der Waals surface area (Å²) in [6.45, 7) is 2.44. The number of rotatable bonds is 3. The summed E-state index contributed by atoms with van der Waals surface area (Å²) in [6, 6.07) is 8.74. The number of morpholine rings is 1. The normalized spacial score (nSPS) is 21.9. The largest absolute Gasteiger partial charge is 0.464 e. The quantitative estimate of drug-likeness (QED) is 0.916. The highest BCUT2D eigenvalue weighted by Crippen LogP contribution is 2.31. The molecule has 3 rings (SSSR count). The SMILES string of the molecule is CN(C)C(c1coc2ccccc12)C1COCCN1. The predicted octanol–water partition coefficient (Wildman–Crippen LogP) is 2.02. The van der Waals surface area contributed by atoms with Crippen LogP contribution in [0.5, 0.6) is 0 Å². The summed E-state index contributed by atoms with van der Waals surface area (Å²) in [5, 5.41) is 4.73. The van der Waals surface area contributed by atoms with Crippen LogP contribution in [-0.4, -0.2) is 44.8 Å². The van der Waals surface area contributed by atoms with Crippen LogP contribution < -0.4 is 5.32 Å². The van der Waals surface area contributed by atoms with E-state index in [4.69, 9.17) is 9.15 Å². The van der Waals surface area contributed by atoms with Gasteiger partial charge in [-0.15, -0.1) is 0 Å². The number of benzene rings is 1. The maximum absolute atomic E-state index is 5.68. The van der Waals surface area contributed by atoms with E-state index in [1.807, 2.05) is 18.4 Å². The van der Waals surface area contributed by atoms with E-state index in [1.165, 1.54) is 10.9 Å². The van der Waals surface area contributed by atoms with Crippen molar-refractivity contribution in [3.05, 3.63) is 36.1 Å². The van der Waals surface area contributed by atoms with Crippen molar-refractivity contribution in [2.24, 2.45) is 0 Å². The van der Waals surface area contributed by atoms with Gasteiger partial charge in [-0.25, -0.2) is 0 Å². The third-order valence-corrected chi connectivity index (χ3v) is 3.72. The Kier molecular flexibility index (Phi) is 3.55. The summed E-state index contributed by atoms with van der Waals surface area (Å²) in [7, 11) is 4.20. The smallest absolute Gasteiger partial charge is 0.134 e. The molecule has 4 nitrogen and oxygen atoms in total. The molecule has 2 atom stereocenters. The Balaban J connectivity index is 1.99. The van der Waals surface area contributed by atoms with Gasteiger partial charge in [-0.05, 0) is 20.2 Å². The second-order valence-corrected chi connectivity index (χ2v) is 5.23. The molecule has 1 aliphatic heterocycles. The van der Waals surface area contributed by atoms with Gasteiger partial charge in [0.25, 0.3) is 0 Å². The molecule has 0 spiro atoms. The zero-order valence-electron chi connectivity index (χ0n) is 11.4. The van der Waals surface area contributed by atoms with Crippen LogP contribution in [-0.2, 0) is 4.74 Å². The molecule has 19 heavy (non-hydrogen) atoms. The van der Waals surface area contributed by atoms with Crippen LogP contribution in [0.1, 0.15) is 11.6 Å². The van der Waals surface area contributed by atoms with E-state index in [0.29, 0.717) is 6.04 Å². The van der Waals surface area contributed by atoms with Gasteiger partial charge in [-0.1, -0.05) is 18.2 Å². The lowest BCUT2D eigenvalue weighted by molar-refractivity contribution is 0.0461. The standard InChI is InChI=1S/C15H20N2O2/c1-17(2)15(13-10-18-8-7-16-13)12-9-19-14-6-4-3-5-11(12)14/h3-6,9,13,15-16H,7-8,10H2,1-2H3. The predicted molar refractivity (Wildman–Crippen MR) is 75.3 cm³/mol. The van der Waals surface area contributed by atoms with Gasteiger partial charge in [0.05, 0.1) is 31.6 Å². The molecule has 1 saturated heterocycles. The van der Waals surface area contributed by atoms with E-state index >= 15 is 0 Å². The third kappa shape index (κ3) is 2.39. The number of hydrogen-bond donors (Lipinski definition) is 1. The van der Waals surface area contributed by atoms with E-state index in [1.54, 1.807) is 0 Å². The fourth-order valence-electron chi connectivity index (χ4n) is 2.87. The first-order chi connectivity index (χ1) is 9.27. The van der Waals surface area contributed by atoms with Gasteiger partial charge < -0.3 is 19.4 Å². The second kappa shape index (κ2) is 5.33. The molecule has 2 heterocycles. The molecule has 1 N–H and O–H groups in total. The highest BCUT2D eigenvalue weighted by Gasteiger charge is 2.29. The molecule has 2 aromatic rings. The highest BCUT2D eigenvalue weighted by atomic mass is 16.5. The first-order valence-corrected chi connectivity index (χ1v) is 6.71. The number of para-hydroxylation sites is 1. The Hall–Kier alpha value is -1.36. The number of furan rings is 1. The summed E-state index contributed by atoms with van der Waals surface area (Å²) >= 11 is 0. The lowest BCUT2D eigenvalue weighted by Gasteiger charge is -2.35. The molecular weight excluding hydrogens is 240 g/mol. The van der Waals surface area contributed by atoms with Crippen molar-refractivity contribution in [2.75, 3.05) is 33.9 Å². The second-order valence-electron chi connectivity index (χ2n) is 5.23. The van der Waals surface area contributed by atoms with E-state index in [9.17, 15) is 0 Å². The average molecular weight is 260 g/mol. The molecule has 1 fully saturated rings. The Morgan fingerprint density at radius 3 is 2.89 bits per heavy atom. The van der Waals surface area contributed by atoms with Crippen LogP contribution >= 0.6 is 0 Å². The first-order valence-electron chi connectivity index (χ1n) is 6.71. The maximum Gasteiger partial charge on any atom is 0.134 e. The molecular formula is C15H20N2O2. The zero-order valence-corrected chi connectivity index (χ0v) is 11.4. The topological polar surface area (TPSA) is 37.6 Å². The number of hydrogen-bond acceptors (Lipinski definition) is 4. The van der Waals surface area contributed by atoms with Gasteiger partial charge in [0.1, 0.15) is 5.58 Å². The molecule has 0 amide bonds. The van der Waals surface area contributed by atoms with Crippen molar-refractivity contribution in [3.8, 4) is 0 Å². The number of fused-ring (bicyclic) bond motifs is 1. The van der Waals surface area contributed by atoms with Crippen molar-refractivity contribution in [1.29, 1.82) is 0 Å². The number of nitrogens with zero attached hydrogens (tertiary/aromatic N) is 1. The molecule has 0 radical (unpaired) electrons. The summed E-state index contributed by atoms with van der Waals surface area (Å²) in [4.78, 5) is 2.23. The van der Waals surface area contributed by atoms with Crippen LogP contribution in [0.15, 0.2) is 34.9 Å². The molecule has 1 aliphatic rings. The van der Waals surface area contributed by atoms with Gasteiger partial charge in [-0.3, -0.25) is 0 Å². The van der Waals surface area contributed by atoms with Gasteiger partial charge in [-0.2, -0.15) is 0 Å². The molecule has 2 unspecified atom stereocenters. The minimum atomic E-state index is 0.254. The number of ether oxygens (including phenoxy) is 1. The Morgan fingerprint density at radius 2 is 2.16 bits per heavy atom. The molecule has 0 aliphatic carbocycles. The van der Waals surface area contributed by atoms with E-state index in [-0.39, 0.29) is 6.04 Å². The van der Waals surface area contributed by atoms with Gasteiger partial charge in [0.2, 0.25) is 0 Å². The minimum absolute atomic E-state index is 0.254. The summed E-state index contributed by atoms with van der Waals surface area (Å²) in [5.74, 6) is 0. The summed E-state index contributed by atoms with van der Waals surface area (Å²) < 4.78 is 11.3. The Morgan fingerprint density at radius 1 is 1.32 bits per heavy atom. The zero-order chi connectivity index (χ0) is 13.2. The lowest BCUT2D eigenvalue weighted by Crippen LogP contribution is -2.48. The van der Waals surface area contributed by atoms with Crippen LogP contribution in [0.25, 0.3) is 11.0 Å². The maximum atomic E-state index is 5.68. The van der Waals surface area contributed by atoms with Crippen molar-refractivity contribution >= 4 is 11.0 Å². The molecule has 0 saturated carbocycles. The third-order valence-electron chi connectivity index (χ3n) is 3.72. The molecule has 0 bridgehead atoms. The Labute approximate surface area is 113 Å². The van der Waals surface area contributed by atoms with Crippen LogP contribution in [0, 0.1) is 0 Å². The highest BCUT2D eigenvalue weighted by molar-refractivity contribution is 5.81. The summed E-state index contributed by atoms with van der Waals surface area (Å²) in [6.07, 6.45) is 1.88. The van der Waals surface area contributed by atoms with Crippen molar-refractivity contribution in [2.45, 2.75) is 12.1 Å². The van der Waals surface area contributed by atoms with E-state index in [0.717, 1.165) is 25.3 Å². The Bertz CT molecular complexity index is 544. The van der Waals surface area contributed by atoms with Crippen molar-refractivity contribution < 1.29 is 9.15 Å². The van der Waals surface area contributed by atoms with Crippen molar-refractivity contribution in [3.63, 3.8) is 0 Å². The monoisotopic (exact) mass is 260 g/mol. The van der Waals surface area contributed by atoms with Crippen molar-refractivity contribution in [1.82, 2.24) is 10.2 Å². The fourth-order valence-corrected chi connectivity index (χ4v) is 2.87. The number of likely N-dealkylation sites (N-methyl/N-ethyl adjacent to an activating group) is 1. The van der Waals surface area contributed by atoms with Crippen LogP contribution in [0.2, 0.25) is 0 Å². The lowest BCUT2D eigenvalue weighted by atomic mass is 9.97. The van der Waals surface area contributed by atoms with E-state index < -0.39 is 0 Å². The van der Waals surface area contributed by atoms with Gasteiger partial charge in [0.15, 0.2) is 0 Å². The average Bonchev–Trinajstić information content (AvgIpc) is 2.84.